The summed E-state index contributed by atoms with van der Waals surface area (Å²) in [5.74, 6) is 3.22. The highest BCUT2D eigenvalue weighted by Crippen LogP contribution is 2.41. The monoisotopic (exact) mass is 548 g/mol. The van der Waals surface area contributed by atoms with Gasteiger partial charge in [-0.3, -0.25) is 4.90 Å². The number of nitrogens with zero attached hydrogens (tertiary/aromatic N) is 5. The van der Waals surface area contributed by atoms with Gasteiger partial charge < -0.3 is 19.7 Å². The molecule has 2 unspecified atom stereocenters. The second-order valence-corrected chi connectivity index (χ2v) is 11.1. The molecule has 2 aromatic carbocycles. The summed E-state index contributed by atoms with van der Waals surface area (Å²) < 4.78 is 11.7. The summed E-state index contributed by atoms with van der Waals surface area (Å²) in [6.07, 6.45) is 3.42. The number of fused-ring (bicyclic) bond motifs is 3. The number of pyridine rings is 1. The summed E-state index contributed by atoms with van der Waals surface area (Å²) in [7, 11) is 0. The maximum Gasteiger partial charge on any atom is 0.215 e. The number of anilines is 3. The zero-order chi connectivity index (χ0) is 27.6. The number of morpholine rings is 1. The number of hydrogen-bond donors (Lipinski definition) is 1. The number of benzene rings is 2. The molecule has 4 aromatic rings. The van der Waals surface area contributed by atoms with Crippen LogP contribution in [0.4, 0.5) is 17.3 Å². The zero-order valence-electron chi connectivity index (χ0n) is 23.5. The molecule has 1 N–H and O–H groups in total. The Labute approximate surface area is 241 Å². The van der Waals surface area contributed by atoms with E-state index in [9.17, 15) is 0 Å². The summed E-state index contributed by atoms with van der Waals surface area (Å²) in [6, 6.07) is 24.9. The number of ether oxygens (including phenoxy) is 2. The molecule has 0 radical (unpaired) electrons. The van der Waals surface area contributed by atoms with Crippen LogP contribution in [-0.4, -0.2) is 58.7 Å². The summed E-state index contributed by atoms with van der Waals surface area (Å²) in [5.41, 5.74) is 5.64. The highest BCUT2D eigenvalue weighted by atomic mass is 16.5. The third kappa shape index (κ3) is 5.49. The fourth-order valence-electron chi connectivity index (χ4n) is 6.22. The van der Waals surface area contributed by atoms with E-state index in [1.165, 1.54) is 30.6 Å². The zero-order valence-corrected chi connectivity index (χ0v) is 23.5. The van der Waals surface area contributed by atoms with E-state index in [1.54, 1.807) is 0 Å². The largest absolute Gasteiger partial charge is 0.473 e. The van der Waals surface area contributed by atoms with Gasteiger partial charge in [0.2, 0.25) is 5.88 Å². The third-order valence-corrected chi connectivity index (χ3v) is 8.35. The number of rotatable bonds is 7. The lowest BCUT2D eigenvalue weighted by Crippen LogP contribution is -2.45. The average Bonchev–Trinajstić information content (AvgIpc) is 3.51. The Morgan fingerprint density at radius 3 is 2.66 bits per heavy atom. The Bertz CT molecular complexity index is 1500. The predicted octanol–water partition coefficient (Wildman–Crippen LogP) is 5.78. The van der Waals surface area contributed by atoms with E-state index in [1.807, 2.05) is 48.5 Å². The van der Waals surface area contributed by atoms with Gasteiger partial charge in [-0.25, -0.2) is 9.97 Å². The van der Waals surface area contributed by atoms with Gasteiger partial charge in [-0.05, 0) is 68.6 Å². The molecule has 7 rings (SSSR count). The minimum atomic E-state index is 0.295. The van der Waals surface area contributed by atoms with Crippen LogP contribution in [0.25, 0.3) is 11.4 Å². The van der Waals surface area contributed by atoms with Crippen LogP contribution in [0.5, 0.6) is 5.88 Å². The van der Waals surface area contributed by atoms with E-state index < -0.39 is 0 Å². The normalized spacial score (nSPS) is 20.4. The molecule has 3 aliphatic rings. The maximum atomic E-state index is 5.91. The molecule has 0 saturated carbocycles. The predicted molar refractivity (Wildman–Crippen MR) is 161 cm³/mol. The first kappa shape index (κ1) is 25.9. The molecule has 0 spiro atoms. The lowest BCUT2D eigenvalue weighted by atomic mass is 9.97. The standard InChI is InChI=1S/C33H36N6O2/c1-23-21-40-20-19-39(23)33-27-16-18-38-17-6-9-28(38)31(27)36-32(37-33)25-12-14-26(15-13-25)34-29-10-5-11-30(35-29)41-22-24-7-3-2-4-8-24/h2-5,7-8,10-15,23,28H,6,9,16-22H2,1H3,(H,34,35). The van der Waals surface area contributed by atoms with Crippen LogP contribution >= 0.6 is 0 Å². The van der Waals surface area contributed by atoms with Crippen LogP contribution in [0.2, 0.25) is 0 Å². The molecule has 210 valence electrons. The Morgan fingerprint density at radius 1 is 0.927 bits per heavy atom. The molecule has 8 heteroatoms. The van der Waals surface area contributed by atoms with Gasteiger partial charge in [-0.1, -0.05) is 36.4 Å². The Morgan fingerprint density at radius 2 is 1.80 bits per heavy atom. The molecular weight excluding hydrogens is 512 g/mol. The second kappa shape index (κ2) is 11.5. The number of aromatic nitrogens is 3. The first-order valence-corrected chi connectivity index (χ1v) is 14.7. The Hall–Kier alpha value is -4.01. The Kier molecular flexibility index (Phi) is 7.25. The molecule has 0 aliphatic carbocycles. The SMILES string of the molecule is CC1COCCN1c1nc(-c2ccc(Nc3cccc(OCc4ccccc4)n3)cc2)nc2c1CCN1CCCC21. The molecule has 2 fully saturated rings. The van der Waals surface area contributed by atoms with Gasteiger partial charge in [-0.2, -0.15) is 4.98 Å². The fourth-order valence-corrected chi connectivity index (χ4v) is 6.22. The maximum absolute atomic E-state index is 5.91. The summed E-state index contributed by atoms with van der Waals surface area (Å²) in [4.78, 5) is 20.1. The van der Waals surface area contributed by atoms with Crippen LogP contribution in [-0.2, 0) is 17.8 Å². The summed E-state index contributed by atoms with van der Waals surface area (Å²) >= 11 is 0. The van der Waals surface area contributed by atoms with Crippen molar-refractivity contribution in [2.45, 2.75) is 44.9 Å². The van der Waals surface area contributed by atoms with Gasteiger partial charge in [0.15, 0.2) is 5.82 Å². The molecule has 3 aliphatic heterocycles. The van der Waals surface area contributed by atoms with Crippen molar-refractivity contribution < 1.29 is 9.47 Å². The smallest absolute Gasteiger partial charge is 0.215 e. The average molecular weight is 549 g/mol. The van der Waals surface area contributed by atoms with Crippen LogP contribution < -0.4 is 15.0 Å². The minimum absolute atomic E-state index is 0.295. The van der Waals surface area contributed by atoms with Gasteiger partial charge in [0, 0.05) is 36.0 Å². The first-order valence-electron chi connectivity index (χ1n) is 14.7. The van der Waals surface area contributed by atoms with Crippen LogP contribution in [0.1, 0.15) is 42.6 Å². The highest BCUT2D eigenvalue weighted by Gasteiger charge is 2.36. The van der Waals surface area contributed by atoms with E-state index in [0.29, 0.717) is 24.6 Å². The van der Waals surface area contributed by atoms with Crippen molar-refractivity contribution in [3.8, 4) is 17.3 Å². The lowest BCUT2D eigenvalue weighted by molar-refractivity contribution is 0.0983. The van der Waals surface area contributed by atoms with Crippen molar-refractivity contribution in [3.63, 3.8) is 0 Å². The van der Waals surface area contributed by atoms with E-state index in [2.05, 4.69) is 51.3 Å². The van der Waals surface area contributed by atoms with E-state index >= 15 is 0 Å². The van der Waals surface area contributed by atoms with Gasteiger partial charge >= 0.3 is 0 Å². The third-order valence-electron chi connectivity index (χ3n) is 8.35. The molecule has 0 bridgehead atoms. The lowest BCUT2D eigenvalue weighted by Gasteiger charge is -2.38. The van der Waals surface area contributed by atoms with E-state index in [0.717, 1.165) is 67.0 Å². The van der Waals surface area contributed by atoms with Crippen LogP contribution in [0.15, 0.2) is 72.8 Å². The number of hydrogen-bond acceptors (Lipinski definition) is 8. The van der Waals surface area contributed by atoms with Gasteiger partial charge in [-0.15, -0.1) is 0 Å². The number of nitrogens with one attached hydrogen (secondary N) is 1. The van der Waals surface area contributed by atoms with Crippen LogP contribution in [0.3, 0.4) is 0 Å². The molecular formula is C33H36N6O2. The molecule has 0 amide bonds. The van der Waals surface area contributed by atoms with Crippen molar-refractivity contribution in [1.82, 2.24) is 19.9 Å². The van der Waals surface area contributed by atoms with Gasteiger partial charge in [0.1, 0.15) is 18.2 Å². The summed E-state index contributed by atoms with van der Waals surface area (Å²) in [6.45, 7) is 7.31. The Balaban J connectivity index is 1.13. The molecule has 2 aromatic heterocycles. The van der Waals surface area contributed by atoms with Gasteiger partial charge in [0.05, 0.1) is 31.0 Å². The topological polar surface area (TPSA) is 75.6 Å². The second-order valence-electron chi connectivity index (χ2n) is 11.1. The first-order chi connectivity index (χ1) is 20.2. The molecule has 8 nitrogen and oxygen atoms in total. The fraction of sp³-hybridized carbons (Fsp3) is 0.364. The van der Waals surface area contributed by atoms with Crippen molar-refractivity contribution >= 4 is 17.3 Å². The summed E-state index contributed by atoms with van der Waals surface area (Å²) in [5, 5.41) is 3.41. The van der Waals surface area contributed by atoms with E-state index in [4.69, 9.17) is 19.4 Å². The minimum Gasteiger partial charge on any atom is -0.473 e. The molecule has 5 heterocycles. The molecule has 2 atom stereocenters. The molecule has 41 heavy (non-hydrogen) atoms. The van der Waals surface area contributed by atoms with Crippen molar-refractivity contribution in [1.29, 1.82) is 0 Å². The van der Waals surface area contributed by atoms with E-state index in [-0.39, 0.29) is 0 Å². The molecule has 2 saturated heterocycles. The quantitative estimate of drug-likeness (QED) is 0.312. The van der Waals surface area contributed by atoms with Crippen molar-refractivity contribution in [2.75, 3.05) is 43.1 Å². The van der Waals surface area contributed by atoms with Crippen LogP contribution in [0, 0.1) is 0 Å². The highest BCUT2D eigenvalue weighted by molar-refractivity contribution is 5.66. The van der Waals surface area contributed by atoms with Crippen molar-refractivity contribution in [3.05, 3.63) is 89.6 Å². The van der Waals surface area contributed by atoms with Crippen molar-refractivity contribution in [2.24, 2.45) is 0 Å². The van der Waals surface area contributed by atoms with Gasteiger partial charge in [0.25, 0.3) is 0 Å².